The summed E-state index contributed by atoms with van der Waals surface area (Å²) in [7, 11) is -2.42. The lowest BCUT2D eigenvalue weighted by atomic mass is 10.0. The molecule has 2 aromatic carbocycles. The predicted molar refractivity (Wildman–Crippen MR) is 146 cm³/mol. The molecule has 1 amide bonds. The first-order valence-electron chi connectivity index (χ1n) is 11.6. The van der Waals surface area contributed by atoms with Crippen LogP contribution in [0.2, 0.25) is 5.02 Å². The van der Waals surface area contributed by atoms with Crippen molar-refractivity contribution in [1.29, 1.82) is 0 Å². The Kier molecular flexibility index (Phi) is 6.95. The van der Waals surface area contributed by atoms with Crippen LogP contribution in [-0.4, -0.2) is 37.2 Å². The highest BCUT2D eigenvalue weighted by Gasteiger charge is 2.33. The van der Waals surface area contributed by atoms with E-state index in [4.69, 9.17) is 11.6 Å². The summed E-state index contributed by atoms with van der Waals surface area (Å²) in [5.74, 6) is -2.53. The van der Waals surface area contributed by atoms with Crippen LogP contribution in [0.5, 0.6) is 0 Å². The number of halogens is 4. The summed E-state index contributed by atoms with van der Waals surface area (Å²) >= 11 is 8.99. The lowest BCUT2D eigenvalue weighted by Gasteiger charge is -2.25. The summed E-state index contributed by atoms with van der Waals surface area (Å²) in [5, 5.41) is 7.80. The molecule has 1 aliphatic rings. The minimum Gasteiger partial charge on any atom is -0.355 e. The molecule has 1 fully saturated rings. The molecule has 2 heterocycles. The van der Waals surface area contributed by atoms with E-state index in [-0.39, 0.29) is 21.9 Å². The molecule has 0 atom stereocenters. The average Bonchev–Trinajstić information content (AvgIpc) is 3.66. The summed E-state index contributed by atoms with van der Waals surface area (Å²) in [6.07, 6.45) is 4.20. The predicted octanol–water partition coefficient (Wildman–Crippen LogP) is 5.90. The molecule has 7 nitrogen and oxygen atoms in total. The van der Waals surface area contributed by atoms with Crippen LogP contribution in [0.1, 0.15) is 40.2 Å². The smallest absolute Gasteiger partial charge is 0.255 e. The van der Waals surface area contributed by atoms with Gasteiger partial charge in [-0.25, -0.2) is 21.7 Å². The van der Waals surface area contributed by atoms with E-state index in [9.17, 15) is 22.0 Å². The Morgan fingerprint density at radius 1 is 1.18 bits per heavy atom. The zero-order chi connectivity index (χ0) is 27.4. The van der Waals surface area contributed by atoms with Crippen LogP contribution in [0, 0.1) is 11.6 Å². The highest BCUT2D eigenvalue weighted by Crippen LogP contribution is 2.46. The Bertz CT molecular complexity index is 1690. The van der Waals surface area contributed by atoms with Crippen molar-refractivity contribution in [2.45, 2.75) is 25.3 Å². The number of pyridine rings is 1. The third-order valence-corrected chi connectivity index (χ3v) is 8.46. The molecule has 1 aliphatic carbocycles. The van der Waals surface area contributed by atoms with E-state index >= 15 is 0 Å². The molecule has 0 aliphatic heterocycles. The van der Waals surface area contributed by atoms with Gasteiger partial charge in [0.25, 0.3) is 5.91 Å². The van der Waals surface area contributed by atoms with Crippen molar-refractivity contribution < 1.29 is 22.0 Å². The lowest BCUT2D eigenvalue weighted by molar-refractivity contribution is 0.0965. The van der Waals surface area contributed by atoms with Gasteiger partial charge >= 0.3 is 0 Å². The van der Waals surface area contributed by atoms with E-state index in [1.165, 1.54) is 29.9 Å². The summed E-state index contributed by atoms with van der Waals surface area (Å²) in [5.41, 5.74) is 2.73. The fraction of sp³-hybridized carbons (Fsp3) is 0.231. The second-order valence-corrected chi connectivity index (χ2v) is 12.3. The van der Waals surface area contributed by atoms with Crippen LogP contribution in [0.25, 0.3) is 16.8 Å². The van der Waals surface area contributed by atoms with Gasteiger partial charge in [-0.3, -0.25) is 9.10 Å². The zero-order valence-electron chi connectivity index (χ0n) is 20.3. The maximum absolute atomic E-state index is 14.8. The fourth-order valence-electron chi connectivity index (χ4n) is 4.41. The minimum atomic E-state index is -3.94. The Labute approximate surface area is 231 Å². The van der Waals surface area contributed by atoms with Crippen molar-refractivity contribution >= 4 is 54.7 Å². The van der Waals surface area contributed by atoms with Crippen molar-refractivity contribution in [2.75, 3.05) is 17.6 Å². The highest BCUT2D eigenvalue weighted by molar-refractivity contribution is 9.10. The topological polar surface area (TPSA) is 83.8 Å². The molecule has 0 radical (unpaired) electrons. The third-order valence-electron chi connectivity index (χ3n) is 6.47. The van der Waals surface area contributed by atoms with Gasteiger partial charge in [-0.05, 0) is 64.5 Å². The lowest BCUT2D eigenvalue weighted by Crippen LogP contribution is -2.31. The molecule has 2 aromatic heterocycles. The van der Waals surface area contributed by atoms with Gasteiger partial charge in [-0.1, -0.05) is 29.8 Å². The Morgan fingerprint density at radius 3 is 2.47 bits per heavy atom. The molecular formula is C26H22BrClF2N4O3S. The number of nitrogens with one attached hydrogen (secondary N) is 1. The number of aromatic nitrogens is 2. The number of benzene rings is 2. The van der Waals surface area contributed by atoms with Gasteiger partial charge in [0.1, 0.15) is 5.69 Å². The molecule has 4 aromatic rings. The van der Waals surface area contributed by atoms with Crippen LogP contribution in [0.15, 0.2) is 53.1 Å². The summed E-state index contributed by atoms with van der Waals surface area (Å²) in [6, 6.07) is 11.3. The van der Waals surface area contributed by atoms with Crippen LogP contribution in [0.3, 0.4) is 0 Å². The first-order valence-corrected chi connectivity index (χ1v) is 14.7. The SMILES string of the molecule is CNC(=O)c1c(-c2ccc(Cl)cc2)nn2cc(N(Cc3ccc(Br)c(F)c3F)S(C)(=O)=O)c(C3CC3)cc12. The largest absolute Gasteiger partial charge is 0.355 e. The molecule has 5 rings (SSSR count). The van der Waals surface area contributed by atoms with E-state index in [2.05, 4.69) is 26.3 Å². The molecular weight excluding hydrogens is 602 g/mol. The molecule has 1 N–H and O–H groups in total. The maximum Gasteiger partial charge on any atom is 0.255 e. The van der Waals surface area contributed by atoms with Gasteiger partial charge in [0.2, 0.25) is 10.0 Å². The molecule has 198 valence electrons. The molecule has 12 heteroatoms. The van der Waals surface area contributed by atoms with E-state index in [1.54, 1.807) is 30.3 Å². The minimum absolute atomic E-state index is 0.0529. The van der Waals surface area contributed by atoms with Crippen LogP contribution >= 0.6 is 27.5 Å². The molecule has 0 unspecified atom stereocenters. The quantitative estimate of drug-likeness (QED) is 0.260. The first kappa shape index (κ1) is 26.6. The number of carbonyl (C=O) groups is 1. The molecule has 1 saturated carbocycles. The second-order valence-electron chi connectivity index (χ2n) is 9.13. The third kappa shape index (κ3) is 4.90. The van der Waals surface area contributed by atoms with Gasteiger partial charge in [-0.15, -0.1) is 0 Å². The van der Waals surface area contributed by atoms with Crippen molar-refractivity contribution in [3.63, 3.8) is 0 Å². The summed E-state index contributed by atoms with van der Waals surface area (Å²) in [4.78, 5) is 13.0. The Morgan fingerprint density at radius 2 is 1.87 bits per heavy atom. The Hall–Kier alpha value is -3.02. The average molecular weight is 624 g/mol. The number of anilines is 1. The number of nitrogens with zero attached hydrogens (tertiary/aromatic N) is 3. The van der Waals surface area contributed by atoms with Crippen LogP contribution in [-0.2, 0) is 16.6 Å². The molecule has 0 spiro atoms. The number of hydrogen-bond donors (Lipinski definition) is 1. The maximum atomic E-state index is 14.8. The fourth-order valence-corrected chi connectivity index (χ4v) is 5.72. The van der Waals surface area contributed by atoms with Crippen molar-refractivity contribution in [3.05, 3.63) is 86.5 Å². The zero-order valence-corrected chi connectivity index (χ0v) is 23.5. The van der Waals surface area contributed by atoms with Crippen molar-refractivity contribution in [1.82, 2.24) is 14.9 Å². The van der Waals surface area contributed by atoms with E-state index in [0.29, 0.717) is 38.6 Å². The highest BCUT2D eigenvalue weighted by atomic mass is 79.9. The monoisotopic (exact) mass is 622 g/mol. The van der Waals surface area contributed by atoms with E-state index in [1.807, 2.05) is 0 Å². The van der Waals surface area contributed by atoms with Crippen LogP contribution < -0.4 is 9.62 Å². The number of carbonyl (C=O) groups excluding carboxylic acids is 1. The van der Waals surface area contributed by atoms with Gasteiger partial charge in [0.05, 0.1) is 40.2 Å². The first-order chi connectivity index (χ1) is 18.0. The standard InChI is InChI=1S/C26H22BrClF2N4O3S/c1-31-26(35)22-20-11-18(14-3-4-14)21(13-33(20)32-25(22)15-5-8-17(28)9-6-15)34(38(2,36)37)12-16-7-10-19(27)24(30)23(16)29/h5-11,13-14H,3-4,12H2,1-2H3,(H,31,35). The summed E-state index contributed by atoms with van der Waals surface area (Å²) < 4.78 is 57.5. The molecule has 38 heavy (non-hydrogen) atoms. The summed E-state index contributed by atoms with van der Waals surface area (Å²) in [6.45, 7) is -0.423. The molecule has 0 bridgehead atoms. The second kappa shape index (κ2) is 9.94. The van der Waals surface area contributed by atoms with Gasteiger partial charge < -0.3 is 5.32 Å². The van der Waals surface area contributed by atoms with E-state index in [0.717, 1.165) is 23.4 Å². The van der Waals surface area contributed by atoms with Gasteiger partial charge in [-0.2, -0.15) is 5.10 Å². The Balaban J connectivity index is 1.73. The number of rotatable bonds is 7. The number of amides is 1. The number of fused-ring (bicyclic) bond motifs is 1. The van der Waals surface area contributed by atoms with Crippen molar-refractivity contribution in [3.8, 4) is 11.3 Å². The number of hydrogen-bond acceptors (Lipinski definition) is 4. The number of sulfonamides is 1. The van der Waals surface area contributed by atoms with Gasteiger partial charge in [0, 0.05) is 23.2 Å². The van der Waals surface area contributed by atoms with E-state index < -0.39 is 28.2 Å². The normalized spacial score (nSPS) is 13.6. The van der Waals surface area contributed by atoms with Gasteiger partial charge in [0.15, 0.2) is 11.6 Å². The van der Waals surface area contributed by atoms with Crippen molar-refractivity contribution in [2.24, 2.45) is 0 Å². The van der Waals surface area contributed by atoms with Crippen LogP contribution in [0.4, 0.5) is 14.5 Å². The molecule has 0 saturated heterocycles.